The largest absolute Gasteiger partial charge is 0.393 e. The van der Waals surface area contributed by atoms with E-state index in [-0.39, 0.29) is 63.6 Å². The van der Waals surface area contributed by atoms with Crippen LogP contribution in [0.15, 0.2) is 24.3 Å². The van der Waals surface area contributed by atoms with E-state index in [4.69, 9.17) is 5.73 Å². The van der Waals surface area contributed by atoms with Crippen LogP contribution in [0.4, 0.5) is 0 Å². The van der Waals surface area contributed by atoms with Gasteiger partial charge in [0.05, 0.1) is 61.0 Å². The van der Waals surface area contributed by atoms with Crippen molar-refractivity contribution in [1.29, 1.82) is 0 Å². The highest BCUT2D eigenvalue weighted by Gasteiger charge is 2.23. The van der Waals surface area contributed by atoms with E-state index < -0.39 is 67.0 Å². The van der Waals surface area contributed by atoms with Crippen molar-refractivity contribution in [3.8, 4) is 0 Å². The number of carbonyl (C=O) groups excluding carboxylic acids is 1. The maximum Gasteiger partial charge on any atom is 0.140 e. The molecular formula is C30H57NO11. The van der Waals surface area contributed by atoms with Crippen molar-refractivity contribution < 1.29 is 55.9 Å². The summed E-state index contributed by atoms with van der Waals surface area (Å²) in [7, 11) is 0. The third kappa shape index (κ3) is 21.4. The van der Waals surface area contributed by atoms with Crippen molar-refractivity contribution in [2.75, 3.05) is 6.54 Å². The number of ketones is 1. The molecule has 42 heavy (non-hydrogen) atoms. The van der Waals surface area contributed by atoms with Crippen molar-refractivity contribution in [2.24, 2.45) is 11.7 Å². The second-order valence-electron chi connectivity index (χ2n) is 11.6. The third-order valence-corrected chi connectivity index (χ3v) is 7.15. The van der Waals surface area contributed by atoms with Gasteiger partial charge in [0.2, 0.25) is 0 Å². The first-order chi connectivity index (χ1) is 19.6. The molecule has 0 aromatic carbocycles. The summed E-state index contributed by atoms with van der Waals surface area (Å²) in [5, 5.41) is 100.0. The van der Waals surface area contributed by atoms with Crippen molar-refractivity contribution >= 4 is 5.78 Å². The summed E-state index contributed by atoms with van der Waals surface area (Å²) in [5.74, 6) is -0.946. The lowest BCUT2D eigenvalue weighted by Crippen LogP contribution is -2.29. The number of Topliss-reactive ketones (excluding diaryl/α,β-unsaturated/α-hetero) is 1. The van der Waals surface area contributed by atoms with Gasteiger partial charge in [-0.3, -0.25) is 4.79 Å². The van der Waals surface area contributed by atoms with Gasteiger partial charge in [0, 0.05) is 25.2 Å². The molecule has 0 aliphatic rings. The van der Waals surface area contributed by atoms with E-state index in [1.165, 1.54) is 25.2 Å². The van der Waals surface area contributed by atoms with E-state index in [0.29, 0.717) is 19.4 Å². The van der Waals surface area contributed by atoms with Gasteiger partial charge in [0.15, 0.2) is 0 Å². The zero-order valence-electron chi connectivity index (χ0n) is 25.1. The summed E-state index contributed by atoms with van der Waals surface area (Å²) in [6.07, 6.45) is -2.52. The molecule has 0 saturated heterocycles. The van der Waals surface area contributed by atoms with E-state index in [0.717, 1.165) is 0 Å². The van der Waals surface area contributed by atoms with Crippen LogP contribution in [0, 0.1) is 5.92 Å². The van der Waals surface area contributed by atoms with Crippen LogP contribution in [-0.2, 0) is 4.79 Å². The van der Waals surface area contributed by atoms with Crippen LogP contribution < -0.4 is 5.73 Å². The van der Waals surface area contributed by atoms with Gasteiger partial charge in [0.1, 0.15) is 5.78 Å². The second-order valence-corrected chi connectivity index (χ2v) is 11.6. The summed E-state index contributed by atoms with van der Waals surface area (Å²) in [4.78, 5) is 11.9. The number of hydrogen-bond acceptors (Lipinski definition) is 12. The maximum atomic E-state index is 11.9. The zero-order chi connectivity index (χ0) is 32.2. The molecule has 12 heteroatoms. The fourth-order valence-electron chi connectivity index (χ4n) is 4.48. The van der Waals surface area contributed by atoms with E-state index in [9.17, 15) is 55.9 Å². The second kappa shape index (κ2) is 23.1. The molecule has 0 radical (unpaired) electrons. The molecule has 11 atom stereocenters. The van der Waals surface area contributed by atoms with Gasteiger partial charge < -0.3 is 56.8 Å². The Kier molecular flexibility index (Phi) is 22.4. The number of hydrogen-bond donors (Lipinski definition) is 11. The van der Waals surface area contributed by atoms with Gasteiger partial charge in [0.25, 0.3) is 0 Å². The number of rotatable bonds is 25. The van der Waals surface area contributed by atoms with Crippen LogP contribution in [0.3, 0.4) is 0 Å². The zero-order valence-corrected chi connectivity index (χ0v) is 25.1. The highest BCUT2D eigenvalue weighted by molar-refractivity contribution is 5.81. The molecular weight excluding hydrogens is 550 g/mol. The smallest absolute Gasteiger partial charge is 0.140 e. The molecule has 0 aromatic heterocycles. The minimum Gasteiger partial charge on any atom is -0.393 e. The number of carbonyl (C=O) groups is 1. The first-order valence-corrected chi connectivity index (χ1v) is 15.0. The van der Waals surface area contributed by atoms with Crippen LogP contribution in [0.25, 0.3) is 0 Å². The van der Waals surface area contributed by atoms with Crippen LogP contribution >= 0.6 is 0 Å². The Morgan fingerprint density at radius 3 is 1.45 bits per heavy atom. The maximum absolute atomic E-state index is 11.9. The standard InChI is InChI=1S/C30H57NO11/c1-19(20(2)32)30(42)18-29(41)17-28(40)15-24(36)9-4-8-23(35)14-27(39)16-26(38)13-22(34)7-3-6-21(33)12-25(37)10-5-11-31/h3-4,7,9,19-29,32-41H,5-6,8,10-18,31H2,1-2H3/b7-3+,9-4+. The Bertz CT molecular complexity index is 751. The summed E-state index contributed by atoms with van der Waals surface area (Å²) >= 11 is 0. The molecule has 0 aliphatic carbocycles. The molecule has 0 amide bonds. The molecule has 12 nitrogen and oxygen atoms in total. The molecule has 12 N–H and O–H groups in total. The quantitative estimate of drug-likeness (QED) is 0.0570. The van der Waals surface area contributed by atoms with Crippen LogP contribution in [0.2, 0.25) is 0 Å². The molecule has 0 fully saturated rings. The van der Waals surface area contributed by atoms with Crippen LogP contribution in [0.5, 0.6) is 0 Å². The first-order valence-electron chi connectivity index (χ1n) is 15.0. The SMILES string of the molecule is CC(O)C(C)C(=O)CC(O)CC(O)CC(O)/C=C/CC(O)CC(O)CC(O)CC(O)/C=C/CC(O)CC(O)CCCN. The number of aliphatic hydroxyl groups excluding tert-OH is 10. The lowest BCUT2D eigenvalue weighted by atomic mass is 9.94. The molecule has 0 rings (SSSR count). The highest BCUT2D eigenvalue weighted by atomic mass is 16.3. The molecule has 0 bridgehead atoms. The Balaban J connectivity index is 4.28. The summed E-state index contributed by atoms with van der Waals surface area (Å²) in [5.41, 5.74) is 5.39. The Hall–Kier alpha value is -1.29. The minimum absolute atomic E-state index is 0.0458. The van der Waals surface area contributed by atoms with E-state index >= 15 is 0 Å². The fraction of sp³-hybridized carbons (Fsp3) is 0.833. The van der Waals surface area contributed by atoms with Crippen LogP contribution in [0.1, 0.15) is 84.5 Å². The molecule has 0 aliphatic heterocycles. The number of aliphatic hydroxyl groups is 10. The molecule has 11 unspecified atom stereocenters. The van der Waals surface area contributed by atoms with Crippen molar-refractivity contribution in [2.45, 2.75) is 146 Å². The van der Waals surface area contributed by atoms with E-state index in [1.807, 2.05) is 0 Å². The third-order valence-electron chi connectivity index (χ3n) is 7.15. The minimum atomic E-state index is -1.11. The topological polar surface area (TPSA) is 245 Å². The van der Waals surface area contributed by atoms with Crippen molar-refractivity contribution in [3.63, 3.8) is 0 Å². The Labute approximate surface area is 249 Å². The van der Waals surface area contributed by atoms with Gasteiger partial charge >= 0.3 is 0 Å². The van der Waals surface area contributed by atoms with Gasteiger partial charge in [-0.25, -0.2) is 0 Å². The average Bonchev–Trinajstić information content (AvgIpc) is 2.86. The predicted molar refractivity (Wildman–Crippen MR) is 158 cm³/mol. The first kappa shape index (κ1) is 40.7. The summed E-state index contributed by atoms with van der Waals surface area (Å²) < 4.78 is 0. The van der Waals surface area contributed by atoms with E-state index in [2.05, 4.69) is 0 Å². The normalized spacial score (nSPS) is 20.5. The molecule has 248 valence electrons. The summed E-state index contributed by atoms with van der Waals surface area (Å²) in [6.45, 7) is 3.51. The van der Waals surface area contributed by atoms with Gasteiger partial charge in [-0.15, -0.1) is 0 Å². The molecule has 0 saturated carbocycles. The predicted octanol–water partition coefficient (Wildman–Crippen LogP) is -0.817. The number of nitrogens with two attached hydrogens (primary N) is 1. The highest BCUT2D eigenvalue weighted by Crippen LogP contribution is 2.16. The monoisotopic (exact) mass is 607 g/mol. The van der Waals surface area contributed by atoms with Gasteiger partial charge in [-0.2, -0.15) is 0 Å². The summed E-state index contributed by atoms with van der Waals surface area (Å²) in [6, 6.07) is 0. The van der Waals surface area contributed by atoms with Crippen LogP contribution in [-0.4, -0.2) is 124 Å². The Morgan fingerprint density at radius 1 is 0.595 bits per heavy atom. The van der Waals surface area contributed by atoms with E-state index in [1.54, 1.807) is 13.0 Å². The molecule has 0 spiro atoms. The van der Waals surface area contributed by atoms with Gasteiger partial charge in [-0.05, 0) is 64.8 Å². The van der Waals surface area contributed by atoms with Crippen molar-refractivity contribution in [3.05, 3.63) is 24.3 Å². The molecule has 0 aromatic rings. The lowest BCUT2D eigenvalue weighted by molar-refractivity contribution is -0.127. The lowest BCUT2D eigenvalue weighted by Gasteiger charge is -2.20. The fourth-order valence-corrected chi connectivity index (χ4v) is 4.48. The van der Waals surface area contributed by atoms with Gasteiger partial charge in [-0.1, -0.05) is 31.2 Å². The molecule has 0 heterocycles. The Morgan fingerprint density at radius 2 is 1.00 bits per heavy atom. The van der Waals surface area contributed by atoms with Crippen molar-refractivity contribution in [1.82, 2.24) is 0 Å². The average molecular weight is 608 g/mol.